The predicted octanol–water partition coefficient (Wildman–Crippen LogP) is 3.23. The number of carbonyl (C=O) groups is 5. The summed E-state index contributed by atoms with van der Waals surface area (Å²) in [7, 11) is -1.75. The molecule has 3 amide bonds. The molecule has 0 radical (unpaired) electrons. The number of Topliss-reactive ketones (excluding diaryl/α,β-unsaturated/α-hetero) is 1. The molecule has 0 saturated heterocycles. The van der Waals surface area contributed by atoms with Crippen LogP contribution in [0, 0.1) is 5.41 Å². The molecule has 0 aliphatic carbocycles. The summed E-state index contributed by atoms with van der Waals surface area (Å²) >= 11 is 0. The number of benzene rings is 2. The minimum absolute atomic E-state index is 0.0390. The van der Waals surface area contributed by atoms with E-state index in [1.54, 1.807) is 66.9 Å². The van der Waals surface area contributed by atoms with Crippen LogP contribution >= 0.6 is 0 Å². The van der Waals surface area contributed by atoms with Gasteiger partial charge in [0.25, 0.3) is 11.7 Å². The highest BCUT2D eigenvalue weighted by atomic mass is 28.3. The van der Waals surface area contributed by atoms with Gasteiger partial charge < -0.3 is 19.7 Å². The summed E-state index contributed by atoms with van der Waals surface area (Å²) in [5, 5.41) is 12.0. The summed E-state index contributed by atoms with van der Waals surface area (Å²) in [5.41, 5.74) is -0.159. The summed E-state index contributed by atoms with van der Waals surface area (Å²) in [6.07, 6.45) is 1.53. The van der Waals surface area contributed by atoms with Crippen molar-refractivity contribution in [2.45, 2.75) is 71.8 Å². The number of carboxylic acid groups (broad SMARTS) is 1. The zero-order valence-corrected chi connectivity index (χ0v) is 26.9. The number of aliphatic carboxylic acids is 1. The van der Waals surface area contributed by atoms with Crippen molar-refractivity contribution in [1.82, 2.24) is 15.1 Å². The average Bonchev–Trinajstić information content (AvgIpc) is 2.92. The summed E-state index contributed by atoms with van der Waals surface area (Å²) in [5.74, 6) is -4.46. The van der Waals surface area contributed by atoms with Gasteiger partial charge in [0, 0.05) is 19.5 Å². The molecule has 0 saturated carbocycles. The lowest BCUT2D eigenvalue weighted by Crippen LogP contribution is -2.67. The van der Waals surface area contributed by atoms with Crippen molar-refractivity contribution in [3.8, 4) is 0 Å². The topological polar surface area (TPSA) is 133 Å². The van der Waals surface area contributed by atoms with E-state index in [9.17, 15) is 29.1 Å². The molecule has 3 atom stereocenters. The molecular weight excluding hydrogens is 566 g/mol. The number of nitrogens with zero attached hydrogens (tertiary/aromatic N) is 2. The SMILES string of the molecule is CC(=O)N1C=C(c2ccccc2)N(CC(=O)N[C@@H](Cc2ccccc2)C(=O)C(=O)O)C(=O)C1C(C)(O[SiH](C)C)C(C)(C)C. The van der Waals surface area contributed by atoms with Gasteiger partial charge in [-0.25, -0.2) is 4.79 Å². The lowest BCUT2D eigenvalue weighted by Gasteiger charge is -2.53. The first-order valence-corrected chi connectivity index (χ1v) is 17.0. The van der Waals surface area contributed by atoms with Crippen LogP contribution < -0.4 is 5.32 Å². The van der Waals surface area contributed by atoms with Gasteiger partial charge in [0.2, 0.25) is 11.8 Å². The molecule has 11 heteroatoms. The van der Waals surface area contributed by atoms with E-state index in [2.05, 4.69) is 5.32 Å². The van der Waals surface area contributed by atoms with Gasteiger partial charge in [-0.15, -0.1) is 0 Å². The van der Waals surface area contributed by atoms with Crippen molar-refractivity contribution in [2.24, 2.45) is 5.41 Å². The third kappa shape index (κ3) is 7.65. The van der Waals surface area contributed by atoms with Gasteiger partial charge in [0.1, 0.15) is 18.6 Å². The predicted molar refractivity (Wildman–Crippen MR) is 165 cm³/mol. The molecule has 2 unspecified atom stereocenters. The smallest absolute Gasteiger partial charge is 0.374 e. The van der Waals surface area contributed by atoms with Crippen LogP contribution in [0.4, 0.5) is 0 Å². The van der Waals surface area contributed by atoms with Crippen molar-refractivity contribution in [1.29, 1.82) is 0 Å². The van der Waals surface area contributed by atoms with Gasteiger partial charge in [0.05, 0.1) is 11.3 Å². The summed E-state index contributed by atoms with van der Waals surface area (Å²) < 4.78 is 6.53. The molecule has 0 fully saturated rings. The Bertz CT molecular complexity index is 1390. The van der Waals surface area contributed by atoms with E-state index < -0.39 is 62.3 Å². The van der Waals surface area contributed by atoms with Gasteiger partial charge in [0.15, 0.2) is 9.04 Å². The fraction of sp³-hybridized carbons (Fsp3) is 0.406. The Labute approximate surface area is 254 Å². The van der Waals surface area contributed by atoms with E-state index >= 15 is 0 Å². The zero-order chi connectivity index (χ0) is 32.1. The van der Waals surface area contributed by atoms with Gasteiger partial charge in [-0.3, -0.25) is 24.1 Å². The van der Waals surface area contributed by atoms with E-state index in [-0.39, 0.29) is 12.3 Å². The van der Waals surface area contributed by atoms with Crippen molar-refractivity contribution >= 4 is 44.2 Å². The molecule has 0 bridgehead atoms. The summed E-state index contributed by atoms with van der Waals surface area (Å²) in [6, 6.07) is 15.2. The van der Waals surface area contributed by atoms with Gasteiger partial charge in [-0.2, -0.15) is 0 Å². The Morgan fingerprint density at radius 1 is 0.977 bits per heavy atom. The second-order valence-electron chi connectivity index (χ2n) is 12.1. The highest BCUT2D eigenvalue weighted by Gasteiger charge is 2.55. The van der Waals surface area contributed by atoms with Gasteiger partial charge in [-0.05, 0) is 36.6 Å². The zero-order valence-electron chi connectivity index (χ0n) is 25.8. The third-order valence-electron chi connectivity index (χ3n) is 7.70. The largest absolute Gasteiger partial charge is 0.475 e. The van der Waals surface area contributed by atoms with Gasteiger partial charge in [-0.1, -0.05) is 81.4 Å². The highest BCUT2D eigenvalue weighted by molar-refractivity contribution is 6.48. The molecule has 1 aliphatic rings. The van der Waals surface area contributed by atoms with Crippen LogP contribution in [0.15, 0.2) is 66.9 Å². The van der Waals surface area contributed by atoms with E-state index in [1.165, 1.54) is 16.7 Å². The normalized spacial score (nSPS) is 17.6. The molecule has 230 valence electrons. The van der Waals surface area contributed by atoms with E-state index in [4.69, 9.17) is 4.43 Å². The maximum atomic E-state index is 14.5. The molecule has 0 aromatic heterocycles. The summed E-state index contributed by atoms with van der Waals surface area (Å²) in [4.78, 5) is 68.0. The van der Waals surface area contributed by atoms with Gasteiger partial charge >= 0.3 is 5.97 Å². The molecule has 10 nitrogen and oxygen atoms in total. The quantitative estimate of drug-likeness (QED) is 0.296. The first-order chi connectivity index (χ1) is 20.1. The minimum Gasteiger partial charge on any atom is -0.475 e. The minimum atomic E-state index is -1.75. The van der Waals surface area contributed by atoms with Crippen LogP contribution in [0.25, 0.3) is 5.70 Å². The molecular formula is C32H41N3O7Si. The standard InChI is InChI=1S/C32H41N3O7Si/c1-21(36)34-19-25(23-16-12-9-13-17-23)35(29(39)28(34)32(5,31(2,3)4)42-43(6)7)20-26(37)33-24(27(38)30(40)41)18-22-14-10-8-11-15-22/h8-17,19,24,28,43H,18,20H2,1-7H3,(H,33,37)(H,40,41)/t24-,28?,32?/m0/s1. The second-order valence-corrected chi connectivity index (χ2v) is 14.5. The number of hydrogen-bond donors (Lipinski definition) is 2. The first kappa shape index (κ1) is 33.4. The number of rotatable bonds is 11. The van der Waals surface area contributed by atoms with E-state index in [0.717, 1.165) is 0 Å². The van der Waals surface area contributed by atoms with Crippen molar-refractivity contribution in [3.05, 3.63) is 78.0 Å². The molecule has 3 rings (SSSR count). The third-order valence-corrected chi connectivity index (χ3v) is 8.66. The second kappa shape index (κ2) is 13.5. The lowest BCUT2D eigenvalue weighted by molar-refractivity contribution is -0.159. The van der Waals surface area contributed by atoms with Crippen molar-refractivity contribution < 1.29 is 33.5 Å². The Morgan fingerprint density at radius 3 is 2.02 bits per heavy atom. The first-order valence-electron chi connectivity index (χ1n) is 14.2. The number of nitrogens with one attached hydrogen (secondary N) is 1. The molecule has 2 N–H and O–H groups in total. The molecule has 1 heterocycles. The van der Waals surface area contributed by atoms with Crippen LogP contribution in [0.2, 0.25) is 13.1 Å². The molecule has 1 aliphatic heterocycles. The van der Waals surface area contributed by atoms with Crippen LogP contribution in [-0.2, 0) is 34.8 Å². The van der Waals surface area contributed by atoms with Crippen LogP contribution in [0.3, 0.4) is 0 Å². The molecule has 2 aromatic rings. The summed E-state index contributed by atoms with van der Waals surface area (Å²) in [6.45, 7) is 12.5. The molecule has 43 heavy (non-hydrogen) atoms. The fourth-order valence-electron chi connectivity index (χ4n) is 5.17. The maximum absolute atomic E-state index is 14.5. The Kier molecular flexibility index (Phi) is 10.5. The Hall–Kier alpha value is -4.09. The fourth-order valence-corrected chi connectivity index (χ4v) is 6.63. The Balaban J connectivity index is 2.08. The Morgan fingerprint density at radius 2 is 1.53 bits per heavy atom. The van der Waals surface area contributed by atoms with Crippen LogP contribution in [0.5, 0.6) is 0 Å². The number of carboxylic acids is 1. The highest BCUT2D eigenvalue weighted by Crippen LogP contribution is 2.43. The van der Waals surface area contributed by atoms with Crippen LogP contribution in [-0.4, -0.2) is 77.7 Å². The number of hydrogen-bond acceptors (Lipinski definition) is 6. The lowest BCUT2D eigenvalue weighted by atomic mass is 9.71. The average molecular weight is 608 g/mol. The van der Waals surface area contributed by atoms with Crippen LogP contribution in [0.1, 0.15) is 45.7 Å². The maximum Gasteiger partial charge on any atom is 0.374 e. The van der Waals surface area contributed by atoms with E-state index in [0.29, 0.717) is 16.8 Å². The number of carbonyl (C=O) groups excluding carboxylic acids is 4. The number of ketones is 1. The number of amides is 3. The molecule has 2 aromatic carbocycles. The molecule has 0 spiro atoms. The van der Waals surface area contributed by atoms with E-state index in [1.807, 2.05) is 40.8 Å². The van der Waals surface area contributed by atoms with Crippen molar-refractivity contribution in [3.63, 3.8) is 0 Å². The van der Waals surface area contributed by atoms with Crippen molar-refractivity contribution in [2.75, 3.05) is 6.54 Å². The monoisotopic (exact) mass is 607 g/mol.